The minimum atomic E-state index is 0.223. The SMILES string of the molecule is COc1c(Cl)cc(Cl)cc1CCCC(C)N. The molecule has 1 aromatic rings. The zero-order chi connectivity index (χ0) is 12.1. The number of halogens is 2. The van der Waals surface area contributed by atoms with Gasteiger partial charge in [0, 0.05) is 11.1 Å². The van der Waals surface area contributed by atoms with Crippen LogP contribution < -0.4 is 10.5 Å². The molecule has 0 saturated heterocycles. The number of nitrogens with two attached hydrogens (primary N) is 1. The van der Waals surface area contributed by atoms with E-state index >= 15 is 0 Å². The Morgan fingerprint density at radius 2 is 2.06 bits per heavy atom. The molecular weight excluding hydrogens is 245 g/mol. The third-order valence-corrected chi connectivity index (χ3v) is 2.89. The quantitative estimate of drug-likeness (QED) is 0.878. The Kier molecular flexibility index (Phi) is 5.39. The summed E-state index contributed by atoms with van der Waals surface area (Å²) < 4.78 is 5.27. The summed E-state index contributed by atoms with van der Waals surface area (Å²) >= 11 is 12.0. The van der Waals surface area contributed by atoms with Crippen LogP contribution in [0.15, 0.2) is 12.1 Å². The summed E-state index contributed by atoms with van der Waals surface area (Å²) in [5.74, 6) is 0.718. The molecule has 1 unspecified atom stereocenters. The van der Waals surface area contributed by atoms with E-state index in [0.29, 0.717) is 10.0 Å². The van der Waals surface area contributed by atoms with E-state index in [2.05, 4.69) is 0 Å². The van der Waals surface area contributed by atoms with Gasteiger partial charge in [-0.05, 0) is 43.9 Å². The Balaban J connectivity index is 2.77. The van der Waals surface area contributed by atoms with Crippen LogP contribution in [0.5, 0.6) is 5.75 Å². The Hall–Kier alpha value is -0.440. The highest BCUT2D eigenvalue weighted by molar-refractivity contribution is 6.35. The molecule has 1 rings (SSSR count). The molecule has 0 radical (unpaired) electrons. The number of benzene rings is 1. The molecule has 1 atom stereocenters. The Morgan fingerprint density at radius 3 is 2.62 bits per heavy atom. The lowest BCUT2D eigenvalue weighted by Crippen LogP contribution is -2.14. The molecule has 1 aromatic carbocycles. The van der Waals surface area contributed by atoms with E-state index < -0.39 is 0 Å². The van der Waals surface area contributed by atoms with Crippen molar-refractivity contribution in [3.8, 4) is 5.75 Å². The van der Waals surface area contributed by atoms with Crippen molar-refractivity contribution in [2.24, 2.45) is 5.73 Å². The van der Waals surface area contributed by atoms with E-state index in [9.17, 15) is 0 Å². The number of methoxy groups -OCH3 is 1. The Morgan fingerprint density at radius 1 is 1.38 bits per heavy atom. The van der Waals surface area contributed by atoms with Gasteiger partial charge in [-0.25, -0.2) is 0 Å². The van der Waals surface area contributed by atoms with Crippen molar-refractivity contribution in [2.75, 3.05) is 7.11 Å². The zero-order valence-corrected chi connectivity index (χ0v) is 11.1. The van der Waals surface area contributed by atoms with Crippen LogP contribution in [-0.2, 0) is 6.42 Å². The van der Waals surface area contributed by atoms with E-state index in [-0.39, 0.29) is 6.04 Å². The van der Waals surface area contributed by atoms with Crippen molar-refractivity contribution in [1.82, 2.24) is 0 Å². The first kappa shape index (κ1) is 13.6. The maximum absolute atomic E-state index is 6.04. The van der Waals surface area contributed by atoms with Crippen LogP contribution in [-0.4, -0.2) is 13.2 Å². The molecule has 2 nitrogen and oxygen atoms in total. The van der Waals surface area contributed by atoms with Gasteiger partial charge in [0.2, 0.25) is 0 Å². The number of hydrogen-bond donors (Lipinski definition) is 1. The standard InChI is InChI=1S/C12H17Cl2NO/c1-8(15)4-3-5-9-6-10(13)7-11(14)12(9)16-2/h6-8H,3-5,15H2,1-2H3. The van der Waals surface area contributed by atoms with Gasteiger partial charge in [-0.15, -0.1) is 0 Å². The second-order valence-corrected chi connectivity index (χ2v) is 4.79. The fourth-order valence-corrected chi connectivity index (χ4v) is 2.26. The number of aryl methyl sites for hydroxylation is 1. The molecule has 0 saturated carbocycles. The van der Waals surface area contributed by atoms with Crippen molar-refractivity contribution in [3.05, 3.63) is 27.7 Å². The summed E-state index contributed by atoms with van der Waals surface area (Å²) in [6.45, 7) is 2.00. The third-order valence-electron chi connectivity index (χ3n) is 2.40. The molecule has 2 N–H and O–H groups in total. The van der Waals surface area contributed by atoms with Gasteiger partial charge in [0.1, 0.15) is 5.75 Å². The maximum atomic E-state index is 6.04. The number of hydrogen-bond acceptors (Lipinski definition) is 2. The largest absolute Gasteiger partial charge is 0.495 e. The average Bonchev–Trinajstić information content (AvgIpc) is 2.16. The predicted molar refractivity (Wildman–Crippen MR) is 69.6 cm³/mol. The lowest BCUT2D eigenvalue weighted by molar-refractivity contribution is 0.409. The van der Waals surface area contributed by atoms with Crippen molar-refractivity contribution in [1.29, 1.82) is 0 Å². The van der Waals surface area contributed by atoms with Gasteiger partial charge < -0.3 is 10.5 Å². The van der Waals surface area contributed by atoms with Gasteiger partial charge in [0.15, 0.2) is 0 Å². The molecule has 0 aliphatic rings. The molecule has 90 valence electrons. The summed E-state index contributed by atoms with van der Waals surface area (Å²) in [5.41, 5.74) is 6.75. The lowest BCUT2D eigenvalue weighted by Gasteiger charge is -2.11. The number of ether oxygens (including phenoxy) is 1. The molecule has 0 heterocycles. The van der Waals surface area contributed by atoms with E-state index in [4.69, 9.17) is 33.7 Å². The van der Waals surface area contributed by atoms with Crippen LogP contribution in [0, 0.1) is 0 Å². The summed E-state index contributed by atoms with van der Waals surface area (Å²) in [4.78, 5) is 0. The van der Waals surface area contributed by atoms with Crippen LogP contribution in [0.25, 0.3) is 0 Å². The van der Waals surface area contributed by atoms with E-state index in [1.807, 2.05) is 13.0 Å². The van der Waals surface area contributed by atoms with Crippen LogP contribution in [0.1, 0.15) is 25.3 Å². The first-order valence-electron chi connectivity index (χ1n) is 5.32. The van der Waals surface area contributed by atoms with Crippen molar-refractivity contribution < 1.29 is 4.74 Å². The summed E-state index contributed by atoms with van der Waals surface area (Å²) in [6, 6.07) is 3.81. The lowest BCUT2D eigenvalue weighted by atomic mass is 10.0. The van der Waals surface area contributed by atoms with Crippen LogP contribution in [0.2, 0.25) is 10.0 Å². The second kappa shape index (κ2) is 6.33. The summed E-state index contributed by atoms with van der Waals surface area (Å²) in [6.07, 6.45) is 2.86. The van der Waals surface area contributed by atoms with Gasteiger partial charge in [0.05, 0.1) is 12.1 Å². The van der Waals surface area contributed by atoms with Gasteiger partial charge in [0.25, 0.3) is 0 Å². The highest BCUT2D eigenvalue weighted by Gasteiger charge is 2.09. The fraction of sp³-hybridized carbons (Fsp3) is 0.500. The molecule has 0 spiro atoms. The van der Waals surface area contributed by atoms with Crippen LogP contribution in [0.4, 0.5) is 0 Å². The summed E-state index contributed by atoms with van der Waals surface area (Å²) in [7, 11) is 1.62. The second-order valence-electron chi connectivity index (χ2n) is 3.95. The molecule has 0 aliphatic carbocycles. The minimum absolute atomic E-state index is 0.223. The maximum Gasteiger partial charge on any atom is 0.140 e. The molecule has 0 aromatic heterocycles. The van der Waals surface area contributed by atoms with Gasteiger partial charge in [-0.2, -0.15) is 0 Å². The zero-order valence-electron chi connectivity index (χ0n) is 9.59. The smallest absolute Gasteiger partial charge is 0.140 e. The van der Waals surface area contributed by atoms with E-state index in [1.165, 1.54) is 0 Å². The molecular formula is C12H17Cl2NO. The highest BCUT2D eigenvalue weighted by atomic mass is 35.5. The third kappa shape index (κ3) is 3.85. The van der Waals surface area contributed by atoms with Gasteiger partial charge in [-0.3, -0.25) is 0 Å². The van der Waals surface area contributed by atoms with Gasteiger partial charge in [-0.1, -0.05) is 23.2 Å². The molecule has 16 heavy (non-hydrogen) atoms. The minimum Gasteiger partial charge on any atom is -0.495 e. The molecule has 0 aliphatic heterocycles. The average molecular weight is 262 g/mol. The molecule has 0 bridgehead atoms. The molecule has 0 fully saturated rings. The van der Waals surface area contributed by atoms with Crippen molar-refractivity contribution in [3.63, 3.8) is 0 Å². The van der Waals surface area contributed by atoms with Crippen molar-refractivity contribution in [2.45, 2.75) is 32.2 Å². The van der Waals surface area contributed by atoms with Crippen molar-refractivity contribution >= 4 is 23.2 Å². The summed E-state index contributed by atoms with van der Waals surface area (Å²) in [5, 5.41) is 1.20. The predicted octanol–water partition coefficient (Wildman–Crippen LogP) is 3.67. The monoisotopic (exact) mass is 261 g/mol. The van der Waals surface area contributed by atoms with E-state index in [1.54, 1.807) is 13.2 Å². The Labute approximate surface area is 107 Å². The highest BCUT2D eigenvalue weighted by Crippen LogP contribution is 2.33. The van der Waals surface area contributed by atoms with Gasteiger partial charge >= 0.3 is 0 Å². The molecule has 0 amide bonds. The Bertz CT molecular complexity index is 353. The fourth-order valence-electron chi connectivity index (χ4n) is 1.64. The first-order valence-corrected chi connectivity index (χ1v) is 6.07. The first-order chi connectivity index (χ1) is 7.54. The van der Waals surface area contributed by atoms with E-state index in [0.717, 1.165) is 30.6 Å². The number of rotatable bonds is 5. The van der Waals surface area contributed by atoms with Crippen LogP contribution >= 0.6 is 23.2 Å². The normalized spacial score (nSPS) is 12.6. The molecule has 4 heteroatoms. The topological polar surface area (TPSA) is 35.2 Å². The van der Waals surface area contributed by atoms with Crippen LogP contribution in [0.3, 0.4) is 0 Å².